The lowest BCUT2D eigenvalue weighted by molar-refractivity contribution is 0.304. The number of rotatable bonds is 5. The van der Waals surface area contributed by atoms with E-state index in [0.717, 1.165) is 11.1 Å². The molecule has 0 saturated carbocycles. The van der Waals surface area contributed by atoms with Gasteiger partial charge in [-0.1, -0.05) is 29.3 Å². The maximum atomic E-state index is 13.5. The molecule has 0 aliphatic heterocycles. The molecule has 0 heterocycles. The van der Waals surface area contributed by atoms with Crippen LogP contribution in [0, 0.1) is 5.82 Å². The molecule has 0 amide bonds. The van der Waals surface area contributed by atoms with Crippen LogP contribution in [-0.4, -0.2) is 7.05 Å². The number of hydrogen-bond acceptors (Lipinski definition) is 2. The summed E-state index contributed by atoms with van der Waals surface area (Å²) < 4.78 is 19.0. The molecule has 2 aromatic carbocycles. The minimum atomic E-state index is -0.324. The Labute approximate surface area is 127 Å². The van der Waals surface area contributed by atoms with Gasteiger partial charge in [-0.15, -0.1) is 0 Å². The van der Waals surface area contributed by atoms with Gasteiger partial charge in [0.15, 0.2) is 0 Å². The molecule has 106 valence electrons. The highest BCUT2D eigenvalue weighted by Gasteiger charge is 2.05. The Kier molecular flexibility index (Phi) is 5.24. The fraction of sp³-hybridized carbons (Fsp3) is 0.200. The fourth-order valence-electron chi connectivity index (χ4n) is 1.81. The van der Waals surface area contributed by atoms with E-state index in [2.05, 4.69) is 5.32 Å². The Morgan fingerprint density at radius 2 is 1.95 bits per heavy atom. The third-order valence-electron chi connectivity index (χ3n) is 2.72. The molecule has 0 aliphatic carbocycles. The molecule has 0 saturated heterocycles. The maximum absolute atomic E-state index is 13.5. The molecular weight excluding hydrogens is 300 g/mol. The molecule has 0 aliphatic rings. The molecule has 2 aromatic rings. The second kappa shape index (κ2) is 6.93. The van der Waals surface area contributed by atoms with Crippen molar-refractivity contribution in [2.45, 2.75) is 13.2 Å². The first-order valence-electron chi connectivity index (χ1n) is 6.09. The highest BCUT2D eigenvalue weighted by Crippen LogP contribution is 2.23. The van der Waals surface area contributed by atoms with Gasteiger partial charge in [-0.2, -0.15) is 0 Å². The van der Waals surface area contributed by atoms with Crippen molar-refractivity contribution in [3.05, 3.63) is 63.4 Å². The number of ether oxygens (including phenoxy) is 1. The van der Waals surface area contributed by atoms with Crippen molar-refractivity contribution in [3.8, 4) is 5.75 Å². The smallest absolute Gasteiger partial charge is 0.127 e. The summed E-state index contributed by atoms with van der Waals surface area (Å²) in [6, 6.07) is 9.80. The van der Waals surface area contributed by atoms with Crippen molar-refractivity contribution in [2.75, 3.05) is 7.05 Å². The molecule has 20 heavy (non-hydrogen) atoms. The van der Waals surface area contributed by atoms with Crippen LogP contribution in [0.5, 0.6) is 5.75 Å². The zero-order valence-corrected chi connectivity index (χ0v) is 12.4. The van der Waals surface area contributed by atoms with E-state index in [1.54, 1.807) is 31.3 Å². The molecule has 0 aromatic heterocycles. The van der Waals surface area contributed by atoms with Gasteiger partial charge in [-0.25, -0.2) is 4.39 Å². The van der Waals surface area contributed by atoms with E-state index in [4.69, 9.17) is 27.9 Å². The first-order chi connectivity index (χ1) is 9.58. The van der Waals surface area contributed by atoms with E-state index < -0.39 is 0 Å². The Morgan fingerprint density at radius 1 is 1.15 bits per heavy atom. The number of halogens is 3. The van der Waals surface area contributed by atoms with E-state index in [0.29, 0.717) is 22.3 Å². The van der Waals surface area contributed by atoms with Crippen LogP contribution in [0.25, 0.3) is 0 Å². The van der Waals surface area contributed by atoms with E-state index in [-0.39, 0.29) is 12.4 Å². The lowest BCUT2D eigenvalue weighted by Gasteiger charge is -2.10. The number of hydrogen-bond donors (Lipinski definition) is 1. The SMILES string of the molecule is CNCc1cc(F)cc(OCc2ccc(Cl)cc2Cl)c1. The molecule has 0 spiro atoms. The second-order valence-corrected chi connectivity index (χ2v) is 5.19. The average molecular weight is 314 g/mol. The van der Waals surface area contributed by atoms with Gasteiger partial charge in [0.1, 0.15) is 18.2 Å². The second-order valence-electron chi connectivity index (χ2n) is 4.35. The van der Waals surface area contributed by atoms with Crippen molar-refractivity contribution in [2.24, 2.45) is 0 Å². The van der Waals surface area contributed by atoms with Crippen molar-refractivity contribution >= 4 is 23.2 Å². The summed E-state index contributed by atoms with van der Waals surface area (Å²) in [5.74, 6) is 0.149. The highest BCUT2D eigenvalue weighted by atomic mass is 35.5. The molecule has 0 atom stereocenters. The molecule has 0 bridgehead atoms. The molecule has 0 unspecified atom stereocenters. The minimum Gasteiger partial charge on any atom is -0.489 e. The van der Waals surface area contributed by atoms with Crippen LogP contribution in [0.1, 0.15) is 11.1 Å². The monoisotopic (exact) mass is 313 g/mol. The summed E-state index contributed by atoms with van der Waals surface area (Å²) >= 11 is 11.9. The van der Waals surface area contributed by atoms with Crippen LogP contribution >= 0.6 is 23.2 Å². The topological polar surface area (TPSA) is 21.3 Å². The summed E-state index contributed by atoms with van der Waals surface area (Å²) in [6.45, 7) is 0.842. The van der Waals surface area contributed by atoms with E-state index in [9.17, 15) is 4.39 Å². The number of benzene rings is 2. The summed E-state index contributed by atoms with van der Waals surface area (Å²) in [5.41, 5.74) is 1.63. The zero-order valence-electron chi connectivity index (χ0n) is 10.9. The van der Waals surface area contributed by atoms with Gasteiger partial charge in [0.2, 0.25) is 0 Å². The zero-order chi connectivity index (χ0) is 14.5. The number of nitrogens with one attached hydrogen (secondary N) is 1. The lowest BCUT2D eigenvalue weighted by atomic mass is 10.2. The molecule has 0 radical (unpaired) electrons. The summed E-state index contributed by atoms with van der Waals surface area (Å²) in [7, 11) is 1.80. The molecule has 1 N–H and O–H groups in total. The highest BCUT2D eigenvalue weighted by molar-refractivity contribution is 6.35. The molecular formula is C15H14Cl2FNO. The van der Waals surface area contributed by atoms with Crippen molar-refractivity contribution < 1.29 is 9.13 Å². The van der Waals surface area contributed by atoms with Gasteiger partial charge >= 0.3 is 0 Å². The predicted molar refractivity (Wildman–Crippen MR) is 80.0 cm³/mol. The van der Waals surface area contributed by atoms with Gasteiger partial charge in [-0.05, 0) is 36.9 Å². The first kappa shape index (κ1) is 15.1. The van der Waals surface area contributed by atoms with E-state index in [1.165, 1.54) is 12.1 Å². The molecule has 2 rings (SSSR count). The minimum absolute atomic E-state index is 0.262. The van der Waals surface area contributed by atoms with Gasteiger partial charge in [-0.3, -0.25) is 0 Å². The van der Waals surface area contributed by atoms with Crippen molar-refractivity contribution in [3.63, 3.8) is 0 Å². The summed E-state index contributed by atoms with van der Waals surface area (Å²) in [5, 5.41) is 4.07. The van der Waals surface area contributed by atoms with Gasteiger partial charge in [0.25, 0.3) is 0 Å². The van der Waals surface area contributed by atoms with Crippen LogP contribution in [0.4, 0.5) is 4.39 Å². The standard InChI is InChI=1S/C15H14Cl2FNO/c1-19-8-10-4-13(18)7-14(5-10)20-9-11-2-3-12(16)6-15(11)17/h2-7,19H,8-9H2,1H3. The Balaban J connectivity index is 2.10. The van der Waals surface area contributed by atoms with Gasteiger partial charge in [0, 0.05) is 28.2 Å². The third-order valence-corrected chi connectivity index (χ3v) is 3.31. The lowest BCUT2D eigenvalue weighted by Crippen LogP contribution is -2.06. The Morgan fingerprint density at radius 3 is 2.65 bits per heavy atom. The predicted octanol–water partition coefficient (Wildman–Crippen LogP) is 4.43. The fourth-order valence-corrected chi connectivity index (χ4v) is 2.27. The summed E-state index contributed by atoms with van der Waals surface area (Å²) in [4.78, 5) is 0. The maximum Gasteiger partial charge on any atom is 0.127 e. The average Bonchev–Trinajstić information content (AvgIpc) is 2.37. The molecule has 5 heteroatoms. The van der Waals surface area contributed by atoms with Crippen molar-refractivity contribution in [1.29, 1.82) is 0 Å². The Bertz CT molecular complexity index is 604. The Hall–Kier alpha value is -1.29. The molecule has 0 fully saturated rings. The van der Waals surface area contributed by atoms with Crippen LogP contribution in [0.2, 0.25) is 10.0 Å². The quantitative estimate of drug-likeness (QED) is 0.881. The summed E-state index contributed by atoms with van der Waals surface area (Å²) in [6.07, 6.45) is 0. The van der Waals surface area contributed by atoms with Gasteiger partial charge < -0.3 is 10.1 Å². The van der Waals surface area contributed by atoms with E-state index >= 15 is 0 Å². The molecule has 2 nitrogen and oxygen atoms in total. The van der Waals surface area contributed by atoms with Crippen LogP contribution in [0.15, 0.2) is 36.4 Å². The van der Waals surface area contributed by atoms with Crippen molar-refractivity contribution in [1.82, 2.24) is 5.32 Å². The van der Waals surface area contributed by atoms with Crippen LogP contribution in [-0.2, 0) is 13.2 Å². The van der Waals surface area contributed by atoms with Crippen LogP contribution in [0.3, 0.4) is 0 Å². The third kappa shape index (κ3) is 4.10. The largest absolute Gasteiger partial charge is 0.489 e. The normalized spacial score (nSPS) is 10.6. The van der Waals surface area contributed by atoms with Gasteiger partial charge in [0.05, 0.1) is 0 Å². The first-order valence-corrected chi connectivity index (χ1v) is 6.85. The van der Waals surface area contributed by atoms with E-state index in [1.807, 2.05) is 0 Å². The van der Waals surface area contributed by atoms with Crippen LogP contribution < -0.4 is 10.1 Å².